The molecular weight excluding hydrogens is 244 g/mol. The summed E-state index contributed by atoms with van der Waals surface area (Å²) < 4.78 is 1.18. The van der Waals surface area contributed by atoms with Crippen molar-refractivity contribution in [1.29, 1.82) is 0 Å². The fourth-order valence-corrected chi connectivity index (χ4v) is 2.10. The van der Waals surface area contributed by atoms with Gasteiger partial charge in [-0.05, 0) is 5.56 Å². The van der Waals surface area contributed by atoms with E-state index in [1.165, 1.54) is 4.68 Å². The van der Waals surface area contributed by atoms with Crippen LogP contribution in [0.15, 0.2) is 30.3 Å². The highest BCUT2D eigenvalue weighted by molar-refractivity contribution is 6.14. The lowest BCUT2D eigenvalue weighted by Crippen LogP contribution is -2.38. The SMILES string of the molecule is CCc1nc2n(n1)C(=O)C(c1ccccc1)C(=O)N2. The van der Waals surface area contributed by atoms with Crippen molar-refractivity contribution in [2.24, 2.45) is 0 Å². The van der Waals surface area contributed by atoms with Crippen molar-refractivity contribution in [2.75, 3.05) is 5.32 Å². The summed E-state index contributed by atoms with van der Waals surface area (Å²) in [6.45, 7) is 1.89. The highest BCUT2D eigenvalue weighted by Gasteiger charge is 2.37. The van der Waals surface area contributed by atoms with Crippen LogP contribution in [-0.4, -0.2) is 26.6 Å². The van der Waals surface area contributed by atoms with Gasteiger partial charge in [-0.3, -0.25) is 14.9 Å². The minimum atomic E-state index is -0.861. The molecule has 1 aliphatic heterocycles. The zero-order valence-electron chi connectivity index (χ0n) is 10.3. The molecule has 1 atom stereocenters. The van der Waals surface area contributed by atoms with Crippen molar-refractivity contribution >= 4 is 17.8 Å². The molecule has 96 valence electrons. The fourth-order valence-electron chi connectivity index (χ4n) is 2.10. The lowest BCUT2D eigenvalue weighted by Gasteiger charge is -2.20. The van der Waals surface area contributed by atoms with Crippen LogP contribution < -0.4 is 5.32 Å². The number of fused-ring (bicyclic) bond motifs is 1. The number of anilines is 1. The van der Waals surface area contributed by atoms with E-state index < -0.39 is 5.92 Å². The molecule has 0 fully saturated rings. The van der Waals surface area contributed by atoms with Gasteiger partial charge in [0.1, 0.15) is 5.92 Å². The Hall–Kier alpha value is -2.50. The second-order valence-corrected chi connectivity index (χ2v) is 4.29. The van der Waals surface area contributed by atoms with Crippen LogP contribution in [0.5, 0.6) is 0 Å². The van der Waals surface area contributed by atoms with E-state index in [2.05, 4.69) is 15.4 Å². The third-order valence-corrected chi connectivity index (χ3v) is 3.05. The Kier molecular flexibility index (Phi) is 2.63. The first kappa shape index (κ1) is 11.6. The largest absolute Gasteiger partial charge is 0.293 e. The van der Waals surface area contributed by atoms with Crippen LogP contribution in [-0.2, 0) is 11.2 Å². The average Bonchev–Trinajstić information content (AvgIpc) is 2.83. The molecule has 1 aromatic heterocycles. The lowest BCUT2D eigenvalue weighted by molar-refractivity contribution is -0.117. The summed E-state index contributed by atoms with van der Waals surface area (Å²) in [5.41, 5.74) is 0.657. The molecule has 0 spiro atoms. The van der Waals surface area contributed by atoms with Gasteiger partial charge in [0, 0.05) is 6.42 Å². The molecule has 1 unspecified atom stereocenters. The van der Waals surface area contributed by atoms with Gasteiger partial charge in [0.15, 0.2) is 5.82 Å². The summed E-state index contributed by atoms with van der Waals surface area (Å²) in [5, 5.41) is 6.72. The number of aryl methyl sites for hydroxylation is 1. The van der Waals surface area contributed by atoms with Crippen molar-refractivity contribution in [2.45, 2.75) is 19.3 Å². The Balaban J connectivity index is 2.05. The monoisotopic (exact) mass is 256 g/mol. The van der Waals surface area contributed by atoms with Crippen LogP contribution >= 0.6 is 0 Å². The second kappa shape index (κ2) is 4.31. The molecule has 1 amide bonds. The summed E-state index contributed by atoms with van der Waals surface area (Å²) in [6, 6.07) is 8.94. The van der Waals surface area contributed by atoms with Gasteiger partial charge in [-0.1, -0.05) is 37.3 Å². The van der Waals surface area contributed by atoms with Crippen LogP contribution in [0.2, 0.25) is 0 Å². The topological polar surface area (TPSA) is 76.9 Å². The van der Waals surface area contributed by atoms with Crippen LogP contribution in [0.25, 0.3) is 0 Å². The molecule has 0 bridgehead atoms. The predicted molar refractivity (Wildman–Crippen MR) is 67.8 cm³/mol. The highest BCUT2D eigenvalue weighted by Crippen LogP contribution is 2.25. The van der Waals surface area contributed by atoms with Crippen LogP contribution in [0.3, 0.4) is 0 Å². The molecule has 0 aliphatic carbocycles. The normalized spacial score (nSPS) is 18.1. The van der Waals surface area contributed by atoms with Gasteiger partial charge in [0.25, 0.3) is 5.91 Å². The molecule has 6 nitrogen and oxygen atoms in total. The molecule has 1 aliphatic rings. The summed E-state index contributed by atoms with van der Waals surface area (Å²) in [7, 11) is 0. The van der Waals surface area contributed by atoms with E-state index >= 15 is 0 Å². The third kappa shape index (κ3) is 1.81. The second-order valence-electron chi connectivity index (χ2n) is 4.29. The molecule has 3 rings (SSSR count). The van der Waals surface area contributed by atoms with Gasteiger partial charge < -0.3 is 0 Å². The molecule has 0 radical (unpaired) electrons. The minimum Gasteiger partial charge on any atom is -0.293 e. The predicted octanol–water partition coefficient (Wildman–Crippen LogP) is 1.22. The molecule has 0 saturated carbocycles. The third-order valence-electron chi connectivity index (χ3n) is 3.05. The lowest BCUT2D eigenvalue weighted by atomic mass is 9.96. The Morgan fingerprint density at radius 3 is 2.68 bits per heavy atom. The number of rotatable bonds is 2. The van der Waals surface area contributed by atoms with Gasteiger partial charge in [-0.15, -0.1) is 5.10 Å². The van der Waals surface area contributed by atoms with Crippen LogP contribution in [0, 0.1) is 0 Å². The maximum absolute atomic E-state index is 12.4. The van der Waals surface area contributed by atoms with Crippen molar-refractivity contribution in [3.05, 3.63) is 41.7 Å². The Morgan fingerprint density at radius 2 is 2.00 bits per heavy atom. The van der Waals surface area contributed by atoms with Gasteiger partial charge in [0.05, 0.1) is 0 Å². The molecular formula is C13H12N4O2. The molecule has 1 N–H and O–H groups in total. The first-order chi connectivity index (χ1) is 9.20. The van der Waals surface area contributed by atoms with E-state index in [9.17, 15) is 9.59 Å². The molecule has 2 aromatic rings. The number of amides is 1. The van der Waals surface area contributed by atoms with E-state index in [4.69, 9.17) is 0 Å². The van der Waals surface area contributed by atoms with Crippen molar-refractivity contribution < 1.29 is 9.59 Å². The zero-order chi connectivity index (χ0) is 13.4. The first-order valence-corrected chi connectivity index (χ1v) is 6.06. The smallest absolute Gasteiger partial charge is 0.267 e. The molecule has 19 heavy (non-hydrogen) atoms. The Labute approximate surface area is 109 Å². The fraction of sp³-hybridized carbons (Fsp3) is 0.231. The molecule has 6 heteroatoms. The number of aromatic nitrogens is 3. The summed E-state index contributed by atoms with van der Waals surface area (Å²) in [6.07, 6.45) is 0.610. The molecule has 0 saturated heterocycles. The minimum absolute atomic E-state index is 0.207. The van der Waals surface area contributed by atoms with Gasteiger partial charge >= 0.3 is 0 Å². The van der Waals surface area contributed by atoms with Gasteiger partial charge in [-0.2, -0.15) is 9.67 Å². The number of hydrogen-bond donors (Lipinski definition) is 1. The van der Waals surface area contributed by atoms with E-state index in [1.807, 2.05) is 13.0 Å². The van der Waals surface area contributed by atoms with Crippen LogP contribution in [0.1, 0.15) is 29.0 Å². The summed E-state index contributed by atoms with van der Waals surface area (Å²) >= 11 is 0. The Bertz CT molecular complexity index is 648. The van der Waals surface area contributed by atoms with Crippen molar-refractivity contribution in [3.63, 3.8) is 0 Å². The number of carbonyl (C=O) groups excluding carboxylic acids is 2. The van der Waals surface area contributed by atoms with E-state index in [0.29, 0.717) is 17.8 Å². The summed E-state index contributed by atoms with van der Waals surface area (Å²) in [4.78, 5) is 28.5. The quantitative estimate of drug-likeness (QED) is 0.819. The molecule has 2 heterocycles. The zero-order valence-corrected chi connectivity index (χ0v) is 10.3. The number of nitrogens with zero attached hydrogens (tertiary/aromatic N) is 3. The number of benzene rings is 1. The van der Waals surface area contributed by atoms with Gasteiger partial charge in [0.2, 0.25) is 11.9 Å². The van der Waals surface area contributed by atoms with E-state index in [1.54, 1.807) is 24.3 Å². The van der Waals surface area contributed by atoms with Crippen LogP contribution in [0.4, 0.5) is 5.95 Å². The number of hydrogen-bond acceptors (Lipinski definition) is 4. The number of nitrogens with one attached hydrogen (secondary N) is 1. The average molecular weight is 256 g/mol. The van der Waals surface area contributed by atoms with E-state index in [-0.39, 0.29) is 17.8 Å². The van der Waals surface area contributed by atoms with Crippen molar-refractivity contribution in [1.82, 2.24) is 14.8 Å². The number of carbonyl (C=O) groups is 2. The maximum Gasteiger partial charge on any atom is 0.267 e. The standard InChI is InChI=1S/C13H12N4O2/c1-2-9-14-13-15-11(18)10(12(19)17(13)16-9)8-6-4-3-5-7-8/h3-7,10H,2H2,1H3,(H,14,15,16,18). The van der Waals surface area contributed by atoms with Crippen molar-refractivity contribution in [3.8, 4) is 0 Å². The first-order valence-electron chi connectivity index (χ1n) is 6.06. The highest BCUT2D eigenvalue weighted by atomic mass is 16.2. The van der Waals surface area contributed by atoms with Gasteiger partial charge in [-0.25, -0.2) is 0 Å². The maximum atomic E-state index is 12.4. The Morgan fingerprint density at radius 1 is 1.26 bits per heavy atom. The summed E-state index contributed by atoms with van der Waals surface area (Å²) in [5.74, 6) is -0.840. The van der Waals surface area contributed by atoms with E-state index in [0.717, 1.165) is 0 Å². The molecule has 1 aromatic carbocycles.